The first-order valence-electron chi connectivity index (χ1n) is 7.00. The molecule has 1 aromatic heterocycles. The summed E-state index contributed by atoms with van der Waals surface area (Å²) >= 11 is 1.18. The molecule has 0 saturated heterocycles. The van der Waals surface area contributed by atoms with Crippen molar-refractivity contribution in [3.63, 3.8) is 0 Å². The second-order valence-electron chi connectivity index (χ2n) is 5.42. The van der Waals surface area contributed by atoms with Crippen LogP contribution < -0.4 is 10.2 Å². The minimum absolute atomic E-state index is 0.0220. The topological polar surface area (TPSA) is 71.3 Å². The van der Waals surface area contributed by atoms with Crippen molar-refractivity contribution < 1.29 is 9.90 Å². The number of hydrogen-bond acceptors (Lipinski definition) is 4. The Labute approximate surface area is 123 Å². The first-order valence-corrected chi connectivity index (χ1v) is 7.87. The number of thiazole rings is 1. The lowest BCUT2D eigenvalue weighted by atomic mass is 10.0. The second-order valence-corrected chi connectivity index (χ2v) is 6.24. The Balaban J connectivity index is 2.29. The highest BCUT2D eigenvalue weighted by Gasteiger charge is 2.19. The normalized spacial score (nSPS) is 14.0. The smallest absolute Gasteiger partial charge is 0.307 e. The van der Waals surface area contributed by atoms with Gasteiger partial charge in [0.2, 0.25) is 5.91 Å². The lowest BCUT2D eigenvalue weighted by Crippen LogP contribution is -2.40. The maximum atomic E-state index is 11.7. The third kappa shape index (κ3) is 5.46. The van der Waals surface area contributed by atoms with Gasteiger partial charge in [0, 0.05) is 30.6 Å². The summed E-state index contributed by atoms with van der Waals surface area (Å²) in [6.45, 7) is 6.45. The van der Waals surface area contributed by atoms with Crippen molar-refractivity contribution in [2.45, 2.75) is 58.6 Å². The van der Waals surface area contributed by atoms with Gasteiger partial charge in [-0.1, -0.05) is 24.7 Å². The molecule has 1 aromatic rings. The van der Waals surface area contributed by atoms with Crippen LogP contribution >= 0.6 is 11.3 Å². The van der Waals surface area contributed by atoms with E-state index in [1.807, 2.05) is 19.2 Å². The van der Waals surface area contributed by atoms with Gasteiger partial charge in [0.15, 0.2) is 0 Å². The molecule has 20 heavy (non-hydrogen) atoms. The van der Waals surface area contributed by atoms with E-state index >= 15 is 0 Å². The Kier molecular flexibility index (Phi) is 6.42. The van der Waals surface area contributed by atoms with Gasteiger partial charge in [0.1, 0.15) is 0 Å². The molecule has 0 aliphatic heterocycles. The molecule has 1 heterocycles. The second kappa shape index (κ2) is 7.59. The van der Waals surface area contributed by atoms with Crippen LogP contribution in [-0.4, -0.2) is 27.7 Å². The zero-order chi connectivity index (χ0) is 15.2. The number of aromatic nitrogens is 1. The van der Waals surface area contributed by atoms with E-state index in [4.69, 9.17) is 0 Å². The van der Waals surface area contributed by atoms with Crippen LogP contribution in [0.25, 0.3) is 0 Å². The number of aliphatic hydroxyl groups is 1. The molecule has 0 spiro atoms. The summed E-state index contributed by atoms with van der Waals surface area (Å²) < 4.78 is 1.69. The van der Waals surface area contributed by atoms with Gasteiger partial charge in [0.25, 0.3) is 0 Å². The van der Waals surface area contributed by atoms with E-state index in [1.165, 1.54) is 11.3 Å². The highest BCUT2D eigenvalue weighted by Crippen LogP contribution is 2.10. The molecule has 1 unspecified atom stereocenters. The van der Waals surface area contributed by atoms with Crippen LogP contribution in [-0.2, 0) is 11.3 Å². The van der Waals surface area contributed by atoms with Gasteiger partial charge in [-0.05, 0) is 26.7 Å². The van der Waals surface area contributed by atoms with E-state index in [1.54, 1.807) is 11.5 Å². The predicted octanol–water partition coefficient (Wildman–Crippen LogP) is 1.67. The highest BCUT2D eigenvalue weighted by molar-refractivity contribution is 7.07. The standard InChI is InChI=1S/C14H24N2O3S/c1-4-7-14(3,19)10-15-12(17)6-5-8-16-11(2)9-20-13(16)18/h9,19H,4-8,10H2,1-3H3,(H,15,17). The molecule has 0 fully saturated rings. The molecular weight excluding hydrogens is 276 g/mol. The van der Waals surface area contributed by atoms with E-state index < -0.39 is 5.60 Å². The zero-order valence-electron chi connectivity index (χ0n) is 12.4. The van der Waals surface area contributed by atoms with Crippen LogP contribution in [0.15, 0.2) is 10.2 Å². The van der Waals surface area contributed by atoms with Crippen LogP contribution in [0.3, 0.4) is 0 Å². The summed E-state index contributed by atoms with van der Waals surface area (Å²) in [6, 6.07) is 0. The van der Waals surface area contributed by atoms with Gasteiger partial charge in [-0.2, -0.15) is 0 Å². The number of nitrogens with zero attached hydrogens (tertiary/aromatic N) is 1. The first-order chi connectivity index (χ1) is 9.35. The number of carbonyl (C=O) groups is 1. The van der Waals surface area contributed by atoms with E-state index in [9.17, 15) is 14.7 Å². The van der Waals surface area contributed by atoms with Crippen LogP contribution in [0.5, 0.6) is 0 Å². The van der Waals surface area contributed by atoms with E-state index in [-0.39, 0.29) is 17.3 Å². The Morgan fingerprint density at radius 2 is 2.25 bits per heavy atom. The van der Waals surface area contributed by atoms with E-state index in [2.05, 4.69) is 5.32 Å². The maximum absolute atomic E-state index is 11.7. The van der Waals surface area contributed by atoms with Gasteiger partial charge in [-0.25, -0.2) is 0 Å². The largest absolute Gasteiger partial charge is 0.388 e. The van der Waals surface area contributed by atoms with Crippen molar-refractivity contribution in [1.82, 2.24) is 9.88 Å². The van der Waals surface area contributed by atoms with Crippen LogP contribution in [0.1, 0.15) is 45.2 Å². The van der Waals surface area contributed by atoms with E-state index in [0.717, 1.165) is 12.1 Å². The Morgan fingerprint density at radius 3 is 2.80 bits per heavy atom. The van der Waals surface area contributed by atoms with Crippen molar-refractivity contribution in [2.24, 2.45) is 0 Å². The van der Waals surface area contributed by atoms with Gasteiger partial charge in [-0.3, -0.25) is 9.59 Å². The van der Waals surface area contributed by atoms with Gasteiger partial charge >= 0.3 is 4.87 Å². The fourth-order valence-corrected chi connectivity index (χ4v) is 2.84. The van der Waals surface area contributed by atoms with E-state index in [0.29, 0.717) is 25.8 Å². The van der Waals surface area contributed by atoms with Gasteiger partial charge in [-0.15, -0.1) is 0 Å². The minimum atomic E-state index is -0.842. The number of rotatable bonds is 8. The van der Waals surface area contributed by atoms with Crippen LogP contribution in [0.4, 0.5) is 0 Å². The maximum Gasteiger partial charge on any atom is 0.307 e. The molecule has 0 radical (unpaired) electrons. The number of aryl methyl sites for hydroxylation is 1. The molecule has 2 N–H and O–H groups in total. The number of carbonyl (C=O) groups excluding carboxylic acids is 1. The van der Waals surface area contributed by atoms with Crippen LogP contribution in [0, 0.1) is 6.92 Å². The lowest BCUT2D eigenvalue weighted by Gasteiger charge is -2.22. The molecule has 114 valence electrons. The summed E-state index contributed by atoms with van der Waals surface area (Å²) in [5, 5.41) is 14.5. The SMILES string of the molecule is CCCC(C)(O)CNC(=O)CCCn1c(C)csc1=O. The molecular formula is C14H24N2O3S. The number of hydrogen-bond donors (Lipinski definition) is 2. The average molecular weight is 300 g/mol. The molecule has 0 bridgehead atoms. The highest BCUT2D eigenvalue weighted by atomic mass is 32.1. The van der Waals surface area contributed by atoms with Crippen LogP contribution in [0.2, 0.25) is 0 Å². The van der Waals surface area contributed by atoms with Gasteiger partial charge in [0.05, 0.1) is 5.60 Å². The summed E-state index contributed by atoms with van der Waals surface area (Å²) in [5.74, 6) is -0.0812. The number of nitrogens with one attached hydrogen (secondary N) is 1. The van der Waals surface area contributed by atoms with Crippen molar-refractivity contribution >= 4 is 17.2 Å². The molecule has 0 aliphatic carbocycles. The Hall–Kier alpha value is -1.14. The molecule has 0 aliphatic rings. The minimum Gasteiger partial charge on any atom is -0.388 e. The first kappa shape index (κ1) is 16.9. The molecule has 1 atom stereocenters. The molecule has 0 aromatic carbocycles. The summed E-state index contributed by atoms with van der Waals surface area (Å²) in [4.78, 5) is 23.2. The van der Waals surface area contributed by atoms with Gasteiger partial charge < -0.3 is 15.0 Å². The third-order valence-corrected chi connectivity index (χ3v) is 4.10. The molecule has 6 heteroatoms. The molecule has 0 saturated carbocycles. The molecule has 1 amide bonds. The fraction of sp³-hybridized carbons (Fsp3) is 0.714. The van der Waals surface area contributed by atoms with Crippen molar-refractivity contribution in [3.8, 4) is 0 Å². The Bertz CT molecular complexity index is 491. The fourth-order valence-electron chi connectivity index (χ4n) is 2.08. The third-order valence-electron chi connectivity index (χ3n) is 3.22. The zero-order valence-corrected chi connectivity index (χ0v) is 13.3. The molecule has 1 rings (SSSR count). The lowest BCUT2D eigenvalue weighted by molar-refractivity contribution is -0.122. The van der Waals surface area contributed by atoms with Crippen molar-refractivity contribution in [1.29, 1.82) is 0 Å². The summed E-state index contributed by atoms with van der Waals surface area (Å²) in [6.07, 6.45) is 2.53. The Morgan fingerprint density at radius 1 is 1.55 bits per heavy atom. The van der Waals surface area contributed by atoms with Crippen molar-refractivity contribution in [2.75, 3.05) is 6.54 Å². The summed E-state index contributed by atoms with van der Waals surface area (Å²) in [7, 11) is 0. The summed E-state index contributed by atoms with van der Waals surface area (Å²) in [5.41, 5.74) is 0.0944. The predicted molar refractivity (Wildman–Crippen MR) is 81.1 cm³/mol. The molecule has 5 nitrogen and oxygen atoms in total. The monoisotopic (exact) mass is 300 g/mol. The van der Waals surface area contributed by atoms with Crippen molar-refractivity contribution in [3.05, 3.63) is 20.7 Å². The quantitative estimate of drug-likeness (QED) is 0.767. The average Bonchev–Trinajstić information content (AvgIpc) is 2.68. The number of amides is 1.